The van der Waals surface area contributed by atoms with E-state index < -0.39 is 11.8 Å². The van der Waals surface area contributed by atoms with E-state index in [-0.39, 0.29) is 6.61 Å². The Bertz CT molecular complexity index is 1120. The number of nitrogens with zero attached hydrogens (tertiary/aromatic N) is 1. The summed E-state index contributed by atoms with van der Waals surface area (Å²) in [6, 6.07) is 25.1. The monoisotopic (exact) mass is 413 g/mol. The zero-order valence-electron chi connectivity index (χ0n) is 16.4. The summed E-state index contributed by atoms with van der Waals surface area (Å²) in [6.45, 7) is -0.346. The fraction of sp³-hybridized carbons (Fsp3) is 0.0417. The van der Waals surface area contributed by atoms with Crippen molar-refractivity contribution in [2.75, 3.05) is 6.61 Å². The molecule has 0 saturated heterocycles. The first-order chi connectivity index (χ1) is 15.1. The molecule has 0 heterocycles. The van der Waals surface area contributed by atoms with Crippen LogP contribution in [0.25, 0.3) is 6.08 Å². The highest BCUT2D eigenvalue weighted by molar-refractivity contribution is 5.93. The molecule has 2 N–H and O–H groups in total. The van der Waals surface area contributed by atoms with E-state index in [1.807, 2.05) is 54.6 Å². The molecule has 3 aromatic rings. The van der Waals surface area contributed by atoms with Crippen LogP contribution in [-0.4, -0.2) is 18.4 Å². The van der Waals surface area contributed by atoms with Crippen molar-refractivity contribution in [1.29, 1.82) is 5.26 Å². The lowest BCUT2D eigenvalue weighted by molar-refractivity contribution is -0.128. The molecule has 0 aliphatic carbocycles. The number of carbonyl (C=O) groups is 2. The minimum Gasteiger partial charge on any atom is -0.482 e. The maximum atomic E-state index is 11.9. The van der Waals surface area contributed by atoms with Crippen molar-refractivity contribution in [3.8, 4) is 23.3 Å². The van der Waals surface area contributed by atoms with E-state index in [0.717, 1.165) is 5.56 Å². The molecule has 7 heteroatoms. The van der Waals surface area contributed by atoms with E-state index in [1.165, 1.54) is 6.08 Å². The Balaban J connectivity index is 1.46. The largest absolute Gasteiger partial charge is 0.482 e. The van der Waals surface area contributed by atoms with E-state index in [4.69, 9.17) is 14.7 Å². The van der Waals surface area contributed by atoms with Gasteiger partial charge in [-0.15, -0.1) is 0 Å². The number of nitrogens with one attached hydrogen (secondary N) is 2. The lowest BCUT2D eigenvalue weighted by Crippen LogP contribution is -2.43. The summed E-state index contributed by atoms with van der Waals surface area (Å²) >= 11 is 0. The molecule has 0 bridgehead atoms. The lowest BCUT2D eigenvalue weighted by Gasteiger charge is -2.08. The standard InChI is InChI=1S/C24H19N3O4/c25-16-19-8-4-5-12-22(19)30-17-24(29)27-26-23(28)14-13-18-7-6-11-21(15-18)31-20-9-2-1-3-10-20/h1-15H,17H2,(H,26,28)(H,27,29)/b14-13+. The van der Waals surface area contributed by atoms with Gasteiger partial charge in [0.1, 0.15) is 23.3 Å². The van der Waals surface area contributed by atoms with Crippen molar-refractivity contribution in [3.63, 3.8) is 0 Å². The van der Waals surface area contributed by atoms with Gasteiger partial charge in [-0.3, -0.25) is 20.4 Å². The number of hydrogen-bond donors (Lipinski definition) is 2. The maximum Gasteiger partial charge on any atom is 0.276 e. The Morgan fingerprint density at radius 2 is 1.65 bits per heavy atom. The zero-order chi connectivity index (χ0) is 21.9. The van der Waals surface area contributed by atoms with Crippen molar-refractivity contribution >= 4 is 17.9 Å². The number of hydrazine groups is 1. The van der Waals surface area contributed by atoms with E-state index in [2.05, 4.69) is 10.9 Å². The second kappa shape index (κ2) is 10.8. The summed E-state index contributed by atoms with van der Waals surface area (Å²) in [5.41, 5.74) is 5.59. The number of hydrogen-bond acceptors (Lipinski definition) is 5. The first-order valence-electron chi connectivity index (χ1n) is 9.36. The van der Waals surface area contributed by atoms with Gasteiger partial charge in [-0.2, -0.15) is 5.26 Å². The van der Waals surface area contributed by atoms with Gasteiger partial charge in [0.2, 0.25) is 0 Å². The molecule has 0 aliphatic heterocycles. The summed E-state index contributed by atoms with van der Waals surface area (Å²) in [5, 5.41) is 9.00. The van der Waals surface area contributed by atoms with Gasteiger partial charge in [0, 0.05) is 6.08 Å². The third-order valence-electron chi connectivity index (χ3n) is 3.96. The molecule has 31 heavy (non-hydrogen) atoms. The van der Waals surface area contributed by atoms with Gasteiger partial charge < -0.3 is 9.47 Å². The van der Waals surface area contributed by atoms with Crippen LogP contribution in [0.2, 0.25) is 0 Å². The molecule has 2 amide bonds. The lowest BCUT2D eigenvalue weighted by atomic mass is 10.2. The summed E-state index contributed by atoms with van der Waals surface area (Å²) in [7, 11) is 0. The van der Waals surface area contributed by atoms with Crippen LogP contribution in [-0.2, 0) is 9.59 Å². The fourth-order valence-electron chi connectivity index (χ4n) is 2.52. The van der Waals surface area contributed by atoms with Gasteiger partial charge in [-0.25, -0.2) is 0 Å². The predicted octanol–water partition coefficient (Wildman–Crippen LogP) is 3.59. The van der Waals surface area contributed by atoms with Gasteiger partial charge >= 0.3 is 0 Å². The van der Waals surface area contributed by atoms with Crippen LogP contribution in [0.5, 0.6) is 17.2 Å². The average molecular weight is 413 g/mol. The third-order valence-corrected chi connectivity index (χ3v) is 3.96. The van der Waals surface area contributed by atoms with Gasteiger partial charge in [0.15, 0.2) is 6.61 Å². The van der Waals surface area contributed by atoms with Crippen LogP contribution < -0.4 is 20.3 Å². The Hall–Kier alpha value is -4.57. The Labute approximate surface area is 179 Å². The first kappa shape index (κ1) is 21.1. The van der Waals surface area contributed by atoms with Crippen LogP contribution >= 0.6 is 0 Å². The highest BCUT2D eigenvalue weighted by atomic mass is 16.5. The zero-order valence-corrected chi connectivity index (χ0v) is 16.4. The molecular weight excluding hydrogens is 394 g/mol. The topological polar surface area (TPSA) is 100 Å². The van der Waals surface area contributed by atoms with Crippen LogP contribution in [0, 0.1) is 11.3 Å². The Kier molecular flexibility index (Phi) is 7.39. The molecule has 0 radical (unpaired) electrons. The molecule has 0 aromatic heterocycles. The molecule has 0 unspecified atom stereocenters. The smallest absolute Gasteiger partial charge is 0.276 e. The van der Waals surface area contributed by atoms with Crippen molar-refractivity contribution in [3.05, 3.63) is 96.1 Å². The number of para-hydroxylation sites is 2. The number of nitriles is 1. The normalized spacial score (nSPS) is 10.2. The van der Waals surface area contributed by atoms with Crippen molar-refractivity contribution < 1.29 is 19.1 Å². The van der Waals surface area contributed by atoms with Crippen LogP contribution in [0.3, 0.4) is 0 Å². The SMILES string of the molecule is N#Cc1ccccc1OCC(=O)NNC(=O)/C=C/c1cccc(Oc2ccccc2)c1. The minimum atomic E-state index is -0.562. The number of ether oxygens (including phenoxy) is 2. The molecule has 0 aliphatic rings. The number of carbonyl (C=O) groups excluding carboxylic acids is 2. The molecule has 154 valence electrons. The van der Waals surface area contributed by atoms with Crippen molar-refractivity contribution in [2.45, 2.75) is 0 Å². The van der Waals surface area contributed by atoms with E-state index >= 15 is 0 Å². The molecule has 0 saturated carbocycles. The van der Waals surface area contributed by atoms with Crippen molar-refractivity contribution in [2.24, 2.45) is 0 Å². The van der Waals surface area contributed by atoms with E-state index in [0.29, 0.717) is 22.8 Å². The van der Waals surface area contributed by atoms with Crippen LogP contribution in [0.15, 0.2) is 84.9 Å². The summed E-state index contributed by atoms with van der Waals surface area (Å²) < 4.78 is 11.1. The maximum absolute atomic E-state index is 11.9. The molecule has 0 fully saturated rings. The van der Waals surface area contributed by atoms with E-state index in [9.17, 15) is 9.59 Å². The van der Waals surface area contributed by atoms with Gasteiger partial charge in [0.05, 0.1) is 5.56 Å². The minimum absolute atomic E-state index is 0.295. The van der Waals surface area contributed by atoms with Gasteiger partial charge in [-0.1, -0.05) is 42.5 Å². The molecule has 0 spiro atoms. The summed E-state index contributed by atoms with van der Waals surface area (Å²) in [6.07, 6.45) is 2.88. The first-order valence-corrected chi connectivity index (χ1v) is 9.36. The third kappa shape index (κ3) is 6.76. The van der Waals surface area contributed by atoms with E-state index in [1.54, 1.807) is 36.4 Å². The molecule has 0 atom stereocenters. The quantitative estimate of drug-likeness (QED) is 0.455. The highest BCUT2D eigenvalue weighted by Gasteiger charge is 2.07. The Morgan fingerprint density at radius 1 is 0.903 bits per heavy atom. The molecular formula is C24H19N3O4. The second-order valence-corrected chi connectivity index (χ2v) is 6.26. The number of amides is 2. The van der Waals surface area contributed by atoms with Gasteiger partial charge in [-0.05, 0) is 48.0 Å². The van der Waals surface area contributed by atoms with Crippen LogP contribution in [0.1, 0.15) is 11.1 Å². The average Bonchev–Trinajstić information content (AvgIpc) is 2.81. The Morgan fingerprint density at radius 3 is 2.45 bits per heavy atom. The highest BCUT2D eigenvalue weighted by Crippen LogP contribution is 2.22. The predicted molar refractivity (Wildman–Crippen MR) is 115 cm³/mol. The number of rotatable bonds is 7. The van der Waals surface area contributed by atoms with Crippen molar-refractivity contribution in [1.82, 2.24) is 10.9 Å². The van der Waals surface area contributed by atoms with Gasteiger partial charge in [0.25, 0.3) is 11.8 Å². The van der Waals surface area contributed by atoms with Crippen LogP contribution in [0.4, 0.5) is 0 Å². The molecule has 3 rings (SSSR count). The summed E-state index contributed by atoms with van der Waals surface area (Å²) in [4.78, 5) is 23.8. The number of benzene rings is 3. The molecule has 3 aromatic carbocycles. The molecule has 7 nitrogen and oxygen atoms in total. The summed E-state index contributed by atoms with van der Waals surface area (Å²) in [5.74, 6) is 0.567. The fourth-order valence-corrected chi connectivity index (χ4v) is 2.52. The second-order valence-electron chi connectivity index (χ2n) is 6.26.